The maximum atomic E-state index is 5.80. The van der Waals surface area contributed by atoms with Gasteiger partial charge in [-0.15, -0.1) is 0 Å². The minimum absolute atomic E-state index is 0.545. The van der Waals surface area contributed by atoms with E-state index in [-0.39, 0.29) is 0 Å². The van der Waals surface area contributed by atoms with Gasteiger partial charge in [0.1, 0.15) is 0 Å². The molecule has 118 valence electrons. The molecule has 0 bridgehead atoms. The Morgan fingerprint density at radius 3 is 2.19 bits per heavy atom. The first kappa shape index (κ1) is 17.6. The summed E-state index contributed by atoms with van der Waals surface area (Å²) in [5, 5.41) is 0. The van der Waals surface area contributed by atoms with Crippen LogP contribution in [0.3, 0.4) is 0 Å². The van der Waals surface area contributed by atoms with Crippen LogP contribution < -0.4 is 19.9 Å². The van der Waals surface area contributed by atoms with E-state index in [2.05, 4.69) is 0 Å². The van der Waals surface area contributed by atoms with Crippen LogP contribution in [0, 0.1) is 0 Å². The molecule has 1 aromatic carbocycles. The number of nitrogens with two attached hydrogens (primary N) is 1. The highest BCUT2D eigenvalue weighted by Crippen LogP contribution is 2.41. The van der Waals surface area contributed by atoms with Gasteiger partial charge in [0.25, 0.3) is 0 Å². The molecule has 0 aliphatic carbocycles. The van der Waals surface area contributed by atoms with Gasteiger partial charge >= 0.3 is 0 Å². The highest BCUT2D eigenvalue weighted by Gasteiger charge is 2.17. The van der Waals surface area contributed by atoms with Crippen LogP contribution in [0.5, 0.6) is 17.2 Å². The molecular formula is C16H25NO3S. The molecule has 0 amide bonds. The number of hydrogen-bond acceptors (Lipinski definition) is 4. The lowest BCUT2D eigenvalue weighted by molar-refractivity contribution is 0.259. The number of ether oxygens (including phenoxy) is 3. The zero-order valence-corrected chi connectivity index (χ0v) is 13.9. The fourth-order valence-corrected chi connectivity index (χ4v) is 2.23. The first-order valence-electron chi connectivity index (χ1n) is 7.46. The van der Waals surface area contributed by atoms with Crippen LogP contribution in [-0.4, -0.2) is 24.8 Å². The van der Waals surface area contributed by atoms with Crippen molar-refractivity contribution in [1.82, 2.24) is 0 Å². The van der Waals surface area contributed by atoms with E-state index in [1.165, 1.54) is 0 Å². The van der Waals surface area contributed by atoms with E-state index < -0.39 is 0 Å². The molecule has 0 atom stereocenters. The molecule has 5 heteroatoms. The average molecular weight is 311 g/mol. The number of thiocarbonyl (C=S) groups is 1. The molecule has 1 aromatic rings. The second-order valence-electron chi connectivity index (χ2n) is 4.50. The Morgan fingerprint density at radius 1 is 1.00 bits per heavy atom. The maximum Gasteiger partial charge on any atom is 0.203 e. The summed E-state index contributed by atoms with van der Waals surface area (Å²) in [6, 6.07) is 3.96. The monoisotopic (exact) mass is 311 g/mol. The van der Waals surface area contributed by atoms with Crippen LogP contribution in [0.4, 0.5) is 0 Å². The number of benzene rings is 1. The third kappa shape index (κ3) is 5.42. The number of aryl methyl sites for hydroxylation is 1. The molecule has 0 unspecified atom stereocenters. The number of hydrogen-bond donors (Lipinski definition) is 1. The van der Waals surface area contributed by atoms with Crippen molar-refractivity contribution in [2.45, 2.75) is 40.0 Å². The summed E-state index contributed by atoms with van der Waals surface area (Å²) in [7, 11) is 0. The summed E-state index contributed by atoms with van der Waals surface area (Å²) in [6.45, 7) is 7.60. The first-order valence-corrected chi connectivity index (χ1v) is 7.87. The van der Waals surface area contributed by atoms with Crippen LogP contribution >= 0.6 is 12.2 Å². The van der Waals surface area contributed by atoms with Crippen molar-refractivity contribution < 1.29 is 14.2 Å². The van der Waals surface area contributed by atoms with Gasteiger partial charge in [0, 0.05) is 0 Å². The van der Waals surface area contributed by atoms with E-state index in [1.807, 2.05) is 32.9 Å². The van der Waals surface area contributed by atoms with Gasteiger partial charge in [-0.3, -0.25) is 0 Å². The highest BCUT2D eigenvalue weighted by atomic mass is 32.1. The van der Waals surface area contributed by atoms with E-state index in [9.17, 15) is 0 Å². The Labute approximate surface area is 132 Å². The van der Waals surface area contributed by atoms with Crippen molar-refractivity contribution in [3.63, 3.8) is 0 Å². The molecule has 0 aliphatic heterocycles. The maximum absolute atomic E-state index is 5.80. The molecule has 2 N–H and O–H groups in total. The van der Waals surface area contributed by atoms with Gasteiger partial charge in [0.05, 0.1) is 24.8 Å². The van der Waals surface area contributed by atoms with Crippen molar-refractivity contribution in [2.24, 2.45) is 5.73 Å². The van der Waals surface area contributed by atoms with Gasteiger partial charge in [-0.1, -0.05) is 18.3 Å². The van der Waals surface area contributed by atoms with Crippen LogP contribution in [0.15, 0.2) is 12.1 Å². The lowest BCUT2D eigenvalue weighted by atomic mass is 10.1. The Kier molecular flexibility index (Phi) is 7.90. The van der Waals surface area contributed by atoms with Crippen LogP contribution in [0.2, 0.25) is 0 Å². The van der Waals surface area contributed by atoms with E-state index in [1.54, 1.807) is 0 Å². The molecule has 0 aromatic heterocycles. The van der Waals surface area contributed by atoms with Gasteiger partial charge in [-0.05, 0) is 51.7 Å². The summed E-state index contributed by atoms with van der Waals surface area (Å²) in [5.41, 5.74) is 6.65. The molecule has 21 heavy (non-hydrogen) atoms. The zero-order valence-electron chi connectivity index (χ0n) is 13.1. The first-order chi connectivity index (χ1) is 10.1. The topological polar surface area (TPSA) is 53.7 Å². The van der Waals surface area contributed by atoms with E-state index in [4.69, 9.17) is 32.2 Å². The quantitative estimate of drug-likeness (QED) is 0.670. The van der Waals surface area contributed by atoms with Crippen molar-refractivity contribution >= 4 is 17.2 Å². The lowest BCUT2D eigenvalue weighted by Crippen LogP contribution is -2.08. The van der Waals surface area contributed by atoms with Gasteiger partial charge in [0.2, 0.25) is 5.75 Å². The summed E-state index contributed by atoms with van der Waals surface area (Å²) < 4.78 is 17.2. The molecule has 0 spiro atoms. The van der Waals surface area contributed by atoms with Crippen LogP contribution in [0.1, 0.15) is 39.2 Å². The highest BCUT2D eigenvalue weighted by molar-refractivity contribution is 7.80. The Hall–Kier alpha value is -1.49. The third-order valence-corrected chi connectivity index (χ3v) is 3.11. The summed E-state index contributed by atoms with van der Waals surface area (Å²) in [5.74, 6) is 2.18. The molecule has 1 rings (SSSR count). The van der Waals surface area contributed by atoms with E-state index >= 15 is 0 Å². The van der Waals surface area contributed by atoms with E-state index in [0.29, 0.717) is 30.6 Å². The predicted molar refractivity (Wildman–Crippen MR) is 89.7 cm³/mol. The van der Waals surface area contributed by atoms with Crippen molar-refractivity contribution in [3.8, 4) is 17.2 Å². The smallest absolute Gasteiger partial charge is 0.203 e. The standard InChI is InChI=1S/C16H25NO3S/c1-4-18-13-11-10-12(8-7-9-14(17)21)15(19-5-2)16(13)20-6-3/h10-11H,4-9H2,1-3H3,(H2,17,21). The van der Waals surface area contributed by atoms with Gasteiger partial charge in [-0.2, -0.15) is 0 Å². The third-order valence-electron chi connectivity index (χ3n) is 2.90. The summed E-state index contributed by atoms with van der Waals surface area (Å²) in [4.78, 5) is 0.545. The van der Waals surface area contributed by atoms with Gasteiger partial charge < -0.3 is 19.9 Å². The largest absolute Gasteiger partial charge is 0.490 e. The van der Waals surface area contributed by atoms with E-state index in [0.717, 1.165) is 36.3 Å². The van der Waals surface area contributed by atoms with Crippen LogP contribution in [0.25, 0.3) is 0 Å². The minimum atomic E-state index is 0.545. The Bertz CT molecular complexity index is 463. The second kappa shape index (κ2) is 9.45. The molecule has 0 saturated heterocycles. The molecule has 0 aliphatic rings. The fraction of sp³-hybridized carbons (Fsp3) is 0.562. The summed E-state index contributed by atoms with van der Waals surface area (Å²) >= 11 is 4.92. The van der Waals surface area contributed by atoms with Gasteiger partial charge in [-0.25, -0.2) is 0 Å². The number of rotatable bonds is 10. The van der Waals surface area contributed by atoms with Crippen LogP contribution in [-0.2, 0) is 6.42 Å². The normalized spacial score (nSPS) is 10.2. The minimum Gasteiger partial charge on any atom is -0.490 e. The van der Waals surface area contributed by atoms with Crippen molar-refractivity contribution in [3.05, 3.63) is 17.7 Å². The zero-order chi connectivity index (χ0) is 15.7. The fourth-order valence-electron chi connectivity index (χ4n) is 2.09. The predicted octanol–water partition coefficient (Wildman–Crippen LogP) is 3.49. The second-order valence-corrected chi connectivity index (χ2v) is 5.02. The van der Waals surface area contributed by atoms with Crippen molar-refractivity contribution in [1.29, 1.82) is 0 Å². The molecule has 0 saturated carbocycles. The average Bonchev–Trinajstić information content (AvgIpc) is 2.44. The Balaban J connectivity index is 3.05. The Morgan fingerprint density at radius 2 is 1.62 bits per heavy atom. The molecule has 4 nitrogen and oxygen atoms in total. The summed E-state index contributed by atoms with van der Waals surface area (Å²) in [6.07, 6.45) is 2.48. The van der Waals surface area contributed by atoms with Crippen molar-refractivity contribution in [2.75, 3.05) is 19.8 Å². The molecule has 0 fully saturated rings. The lowest BCUT2D eigenvalue weighted by Gasteiger charge is -2.18. The SMILES string of the molecule is CCOc1ccc(CCCC(N)=S)c(OCC)c1OCC. The van der Waals surface area contributed by atoms with Gasteiger partial charge in [0.15, 0.2) is 11.5 Å². The molecule has 0 radical (unpaired) electrons. The molecule has 0 heterocycles. The molecular weight excluding hydrogens is 286 g/mol.